The highest BCUT2D eigenvalue weighted by Gasteiger charge is 2.26. The minimum absolute atomic E-state index is 0.295. The highest BCUT2D eigenvalue weighted by molar-refractivity contribution is 9.10. The zero-order valence-electron chi connectivity index (χ0n) is 15.3. The van der Waals surface area contributed by atoms with Gasteiger partial charge in [-0.1, -0.05) is 0 Å². The number of nitrogens with one attached hydrogen (secondary N) is 1. The third-order valence-electron chi connectivity index (χ3n) is 3.91. The predicted octanol–water partition coefficient (Wildman–Crippen LogP) is 2.18. The lowest BCUT2D eigenvalue weighted by atomic mass is 10.2. The van der Waals surface area contributed by atoms with Gasteiger partial charge in [-0.25, -0.2) is 4.79 Å². The summed E-state index contributed by atoms with van der Waals surface area (Å²) in [5.41, 5.74) is 2.18. The van der Waals surface area contributed by atoms with E-state index in [4.69, 9.17) is 9.47 Å². The Bertz CT molecular complexity index is 941. The Morgan fingerprint density at radius 1 is 1.38 bits per heavy atom. The highest BCUT2D eigenvalue weighted by Crippen LogP contribution is 2.29. The average molecular weight is 469 g/mol. The maximum atomic E-state index is 11.7. The maximum Gasteiger partial charge on any atom is 0.510 e. The van der Waals surface area contributed by atoms with Crippen LogP contribution in [0.2, 0.25) is 0 Å². The van der Waals surface area contributed by atoms with Crippen LogP contribution in [0.25, 0.3) is 11.0 Å². The molecular formula is C16H17BrN6O6. The summed E-state index contributed by atoms with van der Waals surface area (Å²) in [7, 11) is 0. The summed E-state index contributed by atoms with van der Waals surface area (Å²) in [5.74, 6) is 0.519. The number of hydrogen-bond acceptors (Lipinski definition) is 11. The molecule has 3 rings (SSSR count). The van der Waals surface area contributed by atoms with E-state index in [1.54, 1.807) is 24.2 Å². The first-order chi connectivity index (χ1) is 14.0. The van der Waals surface area contributed by atoms with Crippen molar-refractivity contribution in [2.45, 2.75) is 13.2 Å². The highest BCUT2D eigenvalue weighted by atomic mass is 79.9. The fraction of sp³-hybridized carbons (Fsp3) is 0.375. The molecule has 1 aliphatic heterocycles. The number of benzene rings is 1. The number of nitrogens with zero attached hydrogens (tertiary/aromatic N) is 5. The largest absolute Gasteiger partial charge is 0.510 e. The molecule has 1 aliphatic rings. The number of hydrogen-bond donors (Lipinski definition) is 1. The lowest BCUT2D eigenvalue weighted by Gasteiger charge is -2.27. The van der Waals surface area contributed by atoms with Crippen LogP contribution in [0, 0.1) is 10.1 Å². The van der Waals surface area contributed by atoms with Crippen LogP contribution in [0.5, 0.6) is 0 Å². The predicted molar refractivity (Wildman–Crippen MR) is 105 cm³/mol. The Morgan fingerprint density at radius 2 is 2.17 bits per heavy atom. The summed E-state index contributed by atoms with van der Waals surface area (Å²) < 4.78 is 10.7. The minimum atomic E-state index is -0.966. The zero-order valence-corrected chi connectivity index (χ0v) is 16.9. The minimum Gasteiger partial charge on any atom is -0.432 e. The van der Waals surface area contributed by atoms with Gasteiger partial charge in [-0.2, -0.15) is 0 Å². The Morgan fingerprint density at radius 3 is 2.97 bits per heavy atom. The third-order valence-corrected chi connectivity index (χ3v) is 4.71. The lowest BCUT2D eigenvalue weighted by molar-refractivity contribution is -0.757. The van der Waals surface area contributed by atoms with Crippen molar-refractivity contribution < 1.29 is 24.2 Å². The standard InChI is InChI=1S/C16H17BrN6O6/c1-10(29-16(24)27-8-9-28-23(25)26)22-7-6-20-15(22)21-11-2-3-12-14(13(11)17)19-5-4-18-12/h2-5,10H,6-9H2,1H3,(H,20,21). The summed E-state index contributed by atoms with van der Waals surface area (Å²) in [4.78, 5) is 40.6. The Labute approximate surface area is 173 Å². The number of carbonyl (C=O) groups excluding carboxylic acids is 1. The van der Waals surface area contributed by atoms with Crippen LogP contribution >= 0.6 is 15.9 Å². The van der Waals surface area contributed by atoms with Gasteiger partial charge in [-0.3, -0.25) is 15.0 Å². The van der Waals surface area contributed by atoms with E-state index in [0.717, 1.165) is 15.7 Å². The summed E-state index contributed by atoms with van der Waals surface area (Å²) in [6.07, 6.45) is 1.59. The fourth-order valence-electron chi connectivity index (χ4n) is 2.62. The van der Waals surface area contributed by atoms with Gasteiger partial charge >= 0.3 is 6.16 Å². The molecule has 0 bridgehead atoms. The fourth-order valence-corrected chi connectivity index (χ4v) is 3.16. The second-order valence-electron chi connectivity index (χ2n) is 5.75. The molecule has 2 heterocycles. The quantitative estimate of drug-likeness (QED) is 0.278. The van der Waals surface area contributed by atoms with E-state index in [9.17, 15) is 14.9 Å². The summed E-state index contributed by atoms with van der Waals surface area (Å²) in [6, 6.07) is 3.68. The first kappa shape index (κ1) is 20.5. The van der Waals surface area contributed by atoms with Gasteiger partial charge in [-0.15, -0.1) is 10.1 Å². The van der Waals surface area contributed by atoms with Crippen molar-refractivity contribution >= 4 is 44.8 Å². The van der Waals surface area contributed by atoms with Gasteiger partial charge in [0.15, 0.2) is 6.23 Å². The van der Waals surface area contributed by atoms with Crippen molar-refractivity contribution in [1.82, 2.24) is 14.9 Å². The van der Waals surface area contributed by atoms with E-state index in [1.165, 1.54) is 0 Å². The second-order valence-corrected chi connectivity index (χ2v) is 6.54. The summed E-state index contributed by atoms with van der Waals surface area (Å²) in [6.45, 7) is 2.06. The number of fused-ring (bicyclic) bond motifs is 1. The van der Waals surface area contributed by atoms with Crippen LogP contribution in [-0.2, 0) is 14.3 Å². The van der Waals surface area contributed by atoms with E-state index in [1.807, 2.05) is 12.1 Å². The SMILES string of the molecule is CC(OC(=O)OCCO[N+](=O)[O-])N1CCN=C1Nc1ccc2nccnc2c1Br. The van der Waals surface area contributed by atoms with Crippen molar-refractivity contribution in [3.8, 4) is 0 Å². The molecule has 0 radical (unpaired) electrons. The van der Waals surface area contributed by atoms with E-state index < -0.39 is 17.5 Å². The molecule has 1 atom stereocenters. The van der Waals surface area contributed by atoms with Gasteiger partial charge in [-0.05, 0) is 35.0 Å². The molecule has 1 aromatic carbocycles. The molecular weight excluding hydrogens is 452 g/mol. The van der Waals surface area contributed by atoms with Crippen molar-refractivity contribution in [3.05, 3.63) is 39.1 Å². The van der Waals surface area contributed by atoms with Crippen LogP contribution in [0.1, 0.15) is 6.92 Å². The Hall–Kier alpha value is -3.22. The number of guanidine groups is 1. The third kappa shape index (κ3) is 5.19. The monoisotopic (exact) mass is 468 g/mol. The van der Waals surface area contributed by atoms with Gasteiger partial charge < -0.3 is 24.5 Å². The van der Waals surface area contributed by atoms with E-state index in [-0.39, 0.29) is 13.2 Å². The molecule has 0 fully saturated rings. The maximum absolute atomic E-state index is 11.7. The number of aromatic nitrogens is 2. The molecule has 12 nitrogen and oxygen atoms in total. The van der Waals surface area contributed by atoms with Gasteiger partial charge in [0.2, 0.25) is 5.96 Å². The molecule has 1 unspecified atom stereocenters. The number of carbonyl (C=O) groups is 1. The summed E-state index contributed by atoms with van der Waals surface area (Å²) in [5, 5.41) is 12.3. The molecule has 13 heteroatoms. The van der Waals surface area contributed by atoms with E-state index in [2.05, 4.69) is 41.0 Å². The van der Waals surface area contributed by atoms with Gasteiger partial charge in [0.05, 0.1) is 22.2 Å². The van der Waals surface area contributed by atoms with Crippen LogP contribution < -0.4 is 5.32 Å². The van der Waals surface area contributed by atoms with E-state index in [0.29, 0.717) is 24.6 Å². The first-order valence-electron chi connectivity index (χ1n) is 8.53. The van der Waals surface area contributed by atoms with Gasteiger partial charge in [0.25, 0.3) is 5.09 Å². The molecule has 2 aromatic rings. The molecule has 0 saturated carbocycles. The van der Waals surface area contributed by atoms with Crippen LogP contribution in [0.3, 0.4) is 0 Å². The van der Waals surface area contributed by atoms with Crippen molar-refractivity contribution in [3.63, 3.8) is 0 Å². The molecule has 0 amide bonds. The molecule has 0 aliphatic carbocycles. The second kappa shape index (κ2) is 9.32. The van der Waals surface area contributed by atoms with Crippen LogP contribution in [-0.4, -0.2) is 64.6 Å². The van der Waals surface area contributed by atoms with Crippen molar-refractivity contribution in [2.24, 2.45) is 4.99 Å². The van der Waals surface area contributed by atoms with Gasteiger partial charge in [0.1, 0.15) is 18.7 Å². The molecule has 29 heavy (non-hydrogen) atoms. The molecule has 154 valence electrons. The molecule has 1 aromatic heterocycles. The number of halogens is 1. The Kier molecular flexibility index (Phi) is 6.59. The van der Waals surface area contributed by atoms with E-state index >= 15 is 0 Å². The first-order valence-corrected chi connectivity index (χ1v) is 9.33. The molecule has 0 saturated heterocycles. The molecule has 1 N–H and O–H groups in total. The normalized spacial score (nSPS) is 14.3. The number of ether oxygens (including phenoxy) is 2. The topological polar surface area (TPSA) is 141 Å². The average Bonchev–Trinajstić information content (AvgIpc) is 3.16. The van der Waals surface area contributed by atoms with Gasteiger partial charge in [0, 0.05) is 18.9 Å². The van der Waals surface area contributed by atoms with Crippen molar-refractivity contribution in [2.75, 3.05) is 31.6 Å². The number of aliphatic imine (C=N–C) groups is 1. The van der Waals surface area contributed by atoms with Crippen LogP contribution in [0.15, 0.2) is 34.0 Å². The number of anilines is 1. The molecule has 0 spiro atoms. The smallest absolute Gasteiger partial charge is 0.432 e. The Balaban J connectivity index is 1.59. The van der Waals surface area contributed by atoms with Crippen molar-refractivity contribution in [1.29, 1.82) is 0 Å². The lowest BCUT2D eigenvalue weighted by Crippen LogP contribution is -2.42. The summed E-state index contributed by atoms with van der Waals surface area (Å²) >= 11 is 3.53. The zero-order chi connectivity index (χ0) is 20.8. The number of rotatable bonds is 7. The van der Waals surface area contributed by atoms with Crippen LogP contribution in [0.4, 0.5) is 10.5 Å².